The molecule has 0 amide bonds. The van der Waals surface area contributed by atoms with Gasteiger partial charge in [-0.15, -0.1) is 0 Å². The number of phosphoric ester groups is 1. The maximum Gasteiger partial charge on any atom is 0.330 e. The van der Waals surface area contributed by atoms with Crippen LogP contribution in [0.4, 0.5) is 0 Å². The molecule has 0 bridgehead atoms. The maximum absolute atomic E-state index is 11.1. The fraction of sp³-hybridized carbons (Fsp3) is 0.824. The summed E-state index contributed by atoms with van der Waals surface area (Å²) in [6.07, 6.45) is 4.14. The zero-order valence-corrected chi connectivity index (χ0v) is 17.0. The highest BCUT2D eigenvalue weighted by atomic mass is 31.2. The van der Waals surface area contributed by atoms with E-state index in [9.17, 15) is 14.3 Å². The van der Waals surface area contributed by atoms with Crippen molar-refractivity contribution in [3.8, 4) is 0 Å². The standard InChI is InChI=1S/C11H19O6P.C6H15N/c1-8(4-3-7-16-18(13,14)15)11-9(2)5-6-10(12)17-11;1-4-7(5-2)6-3/h5-6,8-9,11H,3-4,7H2,1-2H3,(H2,13,14,15);4-6H2,1-3H3/t8-,9-,11-;/m0./s1. The van der Waals surface area contributed by atoms with Crippen molar-refractivity contribution in [1.82, 2.24) is 0 Å². The van der Waals surface area contributed by atoms with Crippen LogP contribution < -0.4 is 9.79 Å². The van der Waals surface area contributed by atoms with Crippen LogP contribution in [0.2, 0.25) is 0 Å². The Labute approximate surface area is 151 Å². The van der Waals surface area contributed by atoms with Crippen LogP contribution in [0.25, 0.3) is 0 Å². The first kappa shape index (κ1) is 24.3. The number of cyclic esters (lactones) is 1. The van der Waals surface area contributed by atoms with E-state index in [1.165, 1.54) is 25.7 Å². The molecule has 1 heterocycles. The summed E-state index contributed by atoms with van der Waals surface area (Å²) in [5.41, 5.74) is 0. The molecule has 2 N–H and O–H groups in total. The van der Waals surface area contributed by atoms with Crippen molar-refractivity contribution in [3.05, 3.63) is 12.2 Å². The molecule has 0 saturated heterocycles. The molecule has 0 radical (unpaired) electrons. The van der Waals surface area contributed by atoms with Crippen LogP contribution in [0, 0.1) is 11.8 Å². The number of ether oxygens (including phenoxy) is 1. The SMILES string of the molecule is CC[NH+](CC)CC.C[C@H]1C=CC(=O)O[C@H]1[C@@H](C)CCCOP(=O)([O-])O. The molecular formula is C17H34NO6P. The van der Waals surface area contributed by atoms with E-state index in [2.05, 4.69) is 25.3 Å². The van der Waals surface area contributed by atoms with Gasteiger partial charge in [-0.05, 0) is 39.5 Å². The quantitative estimate of drug-likeness (QED) is 0.351. The number of hydrogen-bond acceptors (Lipinski definition) is 5. The van der Waals surface area contributed by atoms with Gasteiger partial charge >= 0.3 is 5.97 Å². The normalized spacial score (nSPS) is 23.4. The lowest BCUT2D eigenvalue weighted by molar-refractivity contribution is -0.894. The summed E-state index contributed by atoms with van der Waals surface area (Å²) in [4.78, 5) is 31.6. The Morgan fingerprint density at radius 3 is 2.36 bits per heavy atom. The van der Waals surface area contributed by atoms with E-state index in [0.717, 1.165) is 0 Å². The maximum atomic E-state index is 11.1. The first-order valence-corrected chi connectivity index (χ1v) is 10.5. The molecule has 1 unspecified atom stereocenters. The molecule has 1 aliphatic rings. The Balaban J connectivity index is 0.000000697. The Hall–Kier alpha value is -0.720. The van der Waals surface area contributed by atoms with Crippen LogP contribution >= 0.6 is 7.82 Å². The van der Waals surface area contributed by atoms with Crippen LogP contribution in [-0.2, 0) is 18.6 Å². The third-order valence-corrected chi connectivity index (χ3v) is 4.93. The Bertz CT molecular complexity index is 441. The van der Waals surface area contributed by atoms with Gasteiger partial charge in [0, 0.05) is 12.0 Å². The largest absolute Gasteiger partial charge is 0.756 e. The summed E-state index contributed by atoms with van der Waals surface area (Å²) in [7, 11) is -4.63. The summed E-state index contributed by atoms with van der Waals surface area (Å²) in [6.45, 7) is 14.3. The molecule has 0 aromatic rings. The number of phosphoric acid groups is 1. The minimum absolute atomic E-state index is 0.0630. The molecule has 0 aliphatic carbocycles. The molecule has 0 fully saturated rings. The number of rotatable bonds is 9. The number of quaternary nitrogens is 1. The molecule has 0 aromatic carbocycles. The minimum Gasteiger partial charge on any atom is -0.756 e. The molecule has 148 valence electrons. The highest BCUT2D eigenvalue weighted by Crippen LogP contribution is 2.31. The second-order valence-corrected chi connectivity index (χ2v) is 7.55. The second-order valence-electron chi connectivity index (χ2n) is 6.35. The van der Waals surface area contributed by atoms with Crippen LogP contribution in [-0.4, -0.2) is 43.2 Å². The summed E-state index contributed by atoms with van der Waals surface area (Å²) in [5.74, 6) is -0.107. The topological polar surface area (TPSA) is 100 Å². The second kappa shape index (κ2) is 12.6. The molecule has 1 rings (SSSR count). The van der Waals surface area contributed by atoms with Crippen LogP contribution in [0.5, 0.6) is 0 Å². The molecule has 0 spiro atoms. The van der Waals surface area contributed by atoms with Crippen molar-refractivity contribution in [1.29, 1.82) is 0 Å². The summed E-state index contributed by atoms with van der Waals surface area (Å²) in [6, 6.07) is 0. The zero-order chi connectivity index (χ0) is 19.5. The lowest BCUT2D eigenvalue weighted by Gasteiger charge is -2.30. The smallest absolute Gasteiger partial charge is 0.330 e. The van der Waals surface area contributed by atoms with E-state index in [4.69, 9.17) is 9.63 Å². The lowest BCUT2D eigenvalue weighted by Crippen LogP contribution is -3.11. The Morgan fingerprint density at radius 1 is 1.36 bits per heavy atom. The van der Waals surface area contributed by atoms with Crippen molar-refractivity contribution < 1.29 is 33.3 Å². The van der Waals surface area contributed by atoms with E-state index < -0.39 is 7.82 Å². The Morgan fingerprint density at radius 2 is 1.92 bits per heavy atom. The van der Waals surface area contributed by atoms with Crippen molar-refractivity contribution in [2.45, 2.75) is 53.6 Å². The highest BCUT2D eigenvalue weighted by Gasteiger charge is 2.28. The predicted molar refractivity (Wildman–Crippen MR) is 94.9 cm³/mol. The van der Waals surface area contributed by atoms with E-state index in [-0.39, 0.29) is 30.5 Å². The van der Waals surface area contributed by atoms with Gasteiger partial charge in [-0.1, -0.05) is 19.9 Å². The minimum atomic E-state index is -4.63. The molecule has 0 aromatic heterocycles. The lowest BCUT2D eigenvalue weighted by atomic mass is 9.88. The van der Waals surface area contributed by atoms with Crippen molar-refractivity contribution in [3.63, 3.8) is 0 Å². The Kier molecular flexibility index (Phi) is 12.2. The highest BCUT2D eigenvalue weighted by molar-refractivity contribution is 7.44. The van der Waals surface area contributed by atoms with E-state index in [1.807, 2.05) is 19.9 Å². The number of carbonyl (C=O) groups excluding carboxylic acids is 1. The number of carbonyl (C=O) groups is 1. The third kappa shape index (κ3) is 11.5. The van der Waals surface area contributed by atoms with Crippen LogP contribution in [0.15, 0.2) is 12.2 Å². The van der Waals surface area contributed by atoms with Crippen molar-refractivity contribution in [2.75, 3.05) is 26.2 Å². The molecular weight excluding hydrogens is 345 g/mol. The third-order valence-electron chi connectivity index (χ3n) is 4.43. The number of hydrogen-bond donors (Lipinski definition) is 2. The van der Waals surface area contributed by atoms with Gasteiger partial charge in [0.15, 0.2) is 0 Å². The van der Waals surface area contributed by atoms with Gasteiger partial charge in [-0.2, -0.15) is 0 Å². The number of esters is 1. The molecule has 7 nitrogen and oxygen atoms in total. The number of nitrogens with one attached hydrogen (secondary N) is 1. The fourth-order valence-corrected chi connectivity index (χ4v) is 3.11. The van der Waals surface area contributed by atoms with Crippen LogP contribution in [0.1, 0.15) is 47.5 Å². The summed E-state index contributed by atoms with van der Waals surface area (Å²) >= 11 is 0. The summed E-state index contributed by atoms with van der Waals surface area (Å²) in [5, 5.41) is 0. The van der Waals surface area contributed by atoms with E-state index >= 15 is 0 Å². The monoisotopic (exact) mass is 379 g/mol. The van der Waals surface area contributed by atoms with Gasteiger partial charge in [0.25, 0.3) is 7.82 Å². The van der Waals surface area contributed by atoms with Crippen LogP contribution in [0.3, 0.4) is 0 Å². The first-order valence-electron chi connectivity index (χ1n) is 9.05. The fourth-order valence-electron chi connectivity index (χ4n) is 2.75. The van der Waals surface area contributed by atoms with E-state index in [0.29, 0.717) is 12.8 Å². The molecule has 25 heavy (non-hydrogen) atoms. The summed E-state index contributed by atoms with van der Waals surface area (Å²) < 4.78 is 19.8. The van der Waals surface area contributed by atoms with Gasteiger partial charge in [0.05, 0.1) is 26.2 Å². The molecule has 1 aliphatic heterocycles. The van der Waals surface area contributed by atoms with Crippen molar-refractivity contribution >= 4 is 13.8 Å². The van der Waals surface area contributed by atoms with Gasteiger partial charge in [-0.25, -0.2) is 4.79 Å². The van der Waals surface area contributed by atoms with Gasteiger partial charge < -0.3 is 23.9 Å². The van der Waals surface area contributed by atoms with Crippen molar-refractivity contribution in [2.24, 2.45) is 11.8 Å². The van der Waals surface area contributed by atoms with Gasteiger partial charge in [-0.3, -0.25) is 4.57 Å². The molecule has 8 heteroatoms. The first-order chi connectivity index (χ1) is 11.6. The average Bonchev–Trinajstić information content (AvgIpc) is 2.55. The van der Waals surface area contributed by atoms with Gasteiger partial charge in [0.2, 0.25) is 0 Å². The van der Waals surface area contributed by atoms with Gasteiger partial charge in [0.1, 0.15) is 6.10 Å². The van der Waals surface area contributed by atoms with E-state index in [1.54, 1.807) is 4.90 Å². The molecule has 0 saturated carbocycles. The average molecular weight is 379 g/mol. The predicted octanol–water partition coefficient (Wildman–Crippen LogP) is 0.929. The molecule has 4 atom stereocenters. The zero-order valence-electron chi connectivity index (χ0n) is 16.1.